The molecule has 1 heterocycles. The van der Waals surface area contributed by atoms with Gasteiger partial charge in [0.05, 0.1) is 23.9 Å². The first kappa shape index (κ1) is 9.47. The standard InChI is InChI=1S/C12H11N3/c1-15-12(9-11(14-15)7-8-13)10-5-3-2-4-6-10/h2-6,9H,7H2,1H3. The molecule has 0 spiro atoms. The van der Waals surface area contributed by atoms with Crippen LogP contribution in [0, 0.1) is 11.3 Å². The van der Waals surface area contributed by atoms with Crippen molar-refractivity contribution in [3.63, 3.8) is 0 Å². The first-order chi connectivity index (χ1) is 7.31. The van der Waals surface area contributed by atoms with Gasteiger partial charge in [-0.2, -0.15) is 10.4 Å². The van der Waals surface area contributed by atoms with Gasteiger partial charge in [-0.15, -0.1) is 0 Å². The zero-order valence-corrected chi connectivity index (χ0v) is 8.51. The van der Waals surface area contributed by atoms with Gasteiger partial charge in [0.2, 0.25) is 0 Å². The fourth-order valence-corrected chi connectivity index (χ4v) is 1.57. The van der Waals surface area contributed by atoms with Crippen LogP contribution in [0.25, 0.3) is 11.3 Å². The predicted molar refractivity (Wildman–Crippen MR) is 58.0 cm³/mol. The fraction of sp³-hybridized carbons (Fsp3) is 0.167. The lowest BCUT2D eigenvalue weighted by Crippen LogP contribution is -1.94. The zero-order chi connectivity index (χ0) is 10.7. The minimum atomic E-state index is 0.362. The van der Waals surface area contributed by atoms with Gasteiger partial charge in [0.15, 0.2) is 0 Å². The number of aromatic nitrogens is 2. The summed E-state index contributed by atoms with van der Waals surface area (Å²) in [4.78, 5) is 0. The molecule has 0 aliphatic carbocycles. The summed E-state index contributed by atoms with van der Waals surface area (Å²) in [5.74, 6) is 0. The van der Waals surface area contributed by atoms with Gasteiger partial charge < -0.3 is 0 Å². The quantitative estimate of drug-likeness (QED) is 0.740. The molecule has 0 atom stereocenters. The summed E-state index contributed by atoms with van der Waals surface area (Å²) >= 11 is 0. The van der Waals surface area contributed by atoms with E-state index in [1.165, 1.54) is 0 Å². The van der Waals surface area contributed by atoms with E-state index in [9.17, 15) is 0 Å². The van der Waals surface area contributed by atoms with Crippen molar-refractivity contribution in [1.29, 1.82) is 5.26 Å². The molecule has 15 heavy (non-hydrogen) atoms. The molecule has 0 aliphatic rings. The molecule has 74 valence electrons. The Balaban J connectivity index is 2.42. The normalized spacial score (nSPS) is 9.87. The lowest BCUT2D eigenvalue weighted by atomic mass is 10.1. The van der Waals surface area contributed by atoms with E-state index in [1.807, 2.05) is 48.1 Å². The van der Waals surface area contributed by atoms with Crippen LogP contribution in [0.5, 0.6) is 0 Å². The summed E-state index contributed by atoms with van der Waals surface area (Å²) in [6.07, 6.45) is 0.362. The third-order valence-electron chi connectivity index (χ3n) is 2.26. The van der Waals surface area contributed by atoms with Crippen LogP contribution in [0.4, 0.5) is 0 Å². The molecule has 0 amide bonds. The number of nitrogens with zero attached hydrogens (tertiary/aromatic N) is 3. The second-order valence-corrected chi connectivity index (χ2v) is 3.35. The van der Waals surface area contributed by atoms with Gasteiger partial charge >= 0.3 is 0 Å². The minimum absolute atomic E-state index is 0.362. The van der Waals surface area contributed by atoms with Crippen molar-refractivity contribution in [2.24, 2.45) is 7.05 Å². The Morgan fingerprint density at radius 1 is 1.33 bits per heavy atom. The average molecular weight is 197 g/mol. The van der Waals surface area contributed by atoms with Crippen LogP contribution < -0.4 is 0 Å². The first-order valence-corrected chi connectivity index (χ1v) is 4.76. The fourth-order valence-electron chi connectivity index (χ4n) is 1.57. The van der Waals surface area contributed by atoms with Crippen molar-refractivity contribution in [2.45, 2.75) is 6.42 Å². The highest BCUT2D eigenvalue weighted by molar-refractivity contribution is 5.59. The lowest BCUT2D eigenvalue weighted by molar-refractivity contribution is 0.759. The zero-order valence-electron chi connectivity index (χ0n) is 8.51. The largest absolute Gasteiger partial charge is 0.268 e. The molecule has 3 nitrogen and oxygen atoms in total. The maximum absolute atomic E-state index is 8.59. The van der Waals surface area contributed by atoms with E-state index in [1.54, 1.807) is 0 Å². The highest BCUT2D eigenvalue weighted by Crippen LogP contribution is 2.19. The maximum atomic E-state index is 8.59. The van der Waals surface area contributed by atoms with Crippen LogP contribution in [0.2, 0.25) is 0 Å². The smallest absolute Gasteiger partial charge is 0.0793 e. The Kier molecular flexibility index (Phi) is 2.51. The van der Waals surface area contributed by atoms with Gasteiger partial charge in [-0.05, 0) is 11.6 Å². The molecular formula is C12H11N3. The minimum Gasteiger partial charge on any atom is -0.268 e. The molecule has 0 fully saturated rings. The molecule has 0 saturated carbocycles. The van der Waals surface area contributed by atoms with Crippen molar-refractivity contribution in [3.8, 4) is 17.3 Å². The first-order valence-electron chi connectivity index (χ1n) is 4.76. The molecule has 0 bridgehead atoms. The number of nitriles is 1. The van der Waals surface area contributed by atoms with E-state index in [0.29, 0.717) is 6.42 Å². The molecular weight excluding hydrogens is 186 g/mol. The number of hydrogen-bond acceptors (Lipinski definition) is 2. The van der Waals surface area contributed by atoms with Crippen LogP contribution in [0.15, 0.2) is 36.4 Å². The molecule has 0 N–H and O–H groups in total. The van der Waals surface area contributed by atoms with Crippen molar-refractivity contribution in [3.05, 3.63) is 42.1 Å². The molecule has 2 rings (SSSR count). The SMILES string of the molecule is Cn1nc(CC#N)cc1-c1ccccc1. The van der Waals surface area contributed by atoms with Gasteiger partial charge in [0.25, 0.3) is 0 Å². The summed E-state index contributed by atoms with van der Waals surface area (Å²) in [6.45, 7) is 0. The van der Waals surface area contributed by atoms with Crippen LogP contribution in [0.3, 0.4) is 0 Å². The van der Waals surface area contributed by atoms with E-state index in [0.717, 1.165) is 17.0 Å². The van der Waals surface area contributed by atoms with Gasteiger partial charge in [-0.3, -0.25) is 4.68 Å². The Hall–Kier alpha value is -2.08. The number of rotatable bonds is 2. The van der Waals surface area contributed by atoms with Crippen LogP contribution in [-0.4, -0.2) is 9.78 Å². The van der Waals surface area contributed by atoms with Crippen molar-refractivity contribution in [2.75, 3.05) is 0 Å². The summed E-state index contributed by atoms with van der Waals surface area (Å²) in [6, 6.07) is 14.1. The van der Waals surface area contributed by atoms with E-state index in [4.69, 9.17) is 5.26 Å². The van der Waals surface area contributed by atoms with Gasteiger partial charge in [0, 0.05) is 7.05 Å². The van der Waals surface area contributed by atoms with Gasteiger partial charge in [-0.25, -0.2) is 0 Å². The monoisotopic (exact) mass is 197 g/mol. The maximum Gasteiger partial charge on any atom is 0.0793 e. The van der Waals surface area contributed by atoms with Crippen LogP contribution >= 0.6 is 0 Å². The summed E-state index contributed by atoms with van der Waals surface area (Å²) < 4.78 is 1.81. The summed E-state index contributed by atoms with van der Waals surface area (Å²) in [5, 5.41) is 12.9. The van der Waals surface area contributed by atoms with E-state index in [-0.39, 0.29) is 0 Å². The van der Waals surface area contributed by atoms with E-state index < -0.39 is 0 Å². The second-order valence-electron chi connectivity index (χ2n) is 3.35. The second kappa shape index (κ2) is 3.97. The topological polar surface area (TPSA) is 41.6 Å². The number of aryl methyl sites for hydroxylation is 1. The van der Waals surface area contributed by atoms with Gasteiger partial charge in [-0.1, -0.05) is 30.3 Å². The Bertz CT molecular complexity index is 491. The molecule has 1 aromatic heterocycles. The third kappa shape index (κ3) is 1.89. The van der Waals surface area contributed by atoms with E-state index >= 15 is 0 Å². The molecule has 1 aromatic carbocycles. The van der Waals surface area contributed by atoms with Crippen molar-refractivity contribution in [1.82, 2.24) is 9.78 Å². The Labute approximate surface area is 88.6 Å². The summed E-state index contributed by atoms with van der Waals surface area (Å²) in [5.41, 5.74) is 2.98. The molecule has 0 unspecified atom stereocenters. The average Bonchev–Trinajstić information content (AvgIpc) is 2.61. The number of hydrogen-bond donors (Lipinski definition) is 0. The van der Waals surface area contributed by atoms with Crippen LogP contribution in [0.1, 0.15) is 5.69 Å². The van der Waals surface area contributed by atoms with Crippen LogP contribution in [-0.2, 0) is 13.5 Å². The third-order valence-corrected chi connectivity index (χ3v) is 2.26. The molecule has 0 saturated heterocycles. The Morgan fingerprint density at radius 3 is 2.73 bits per heavy atom. The lowest BCUT2D eigenvalue weighted by Gasteiger charge is -1.99. The molecule has 2 aromatic rings. The highest BCUT2D eigenvalue weighted by atomic mass is 15.3. The molecule has 0 radical (unpaired) electrons. The Morgan fingerprint density at radius 2 is 2.07 bits per heavy atom. The number of benzene rings is 1. The van der Waals surface area contributed by atoms with Crippen molar-refractivity contribution >= 4 is 0 Å². The highest BCUT2D eigenvalue weighted by Gasteiger charge is 2.05. The van der Waals surface area contributed by atoms with Gasteiger partial charge in [0.1, 0.15) is 0 Å². The van der Waals surface area contributed by atoms with E-state index in [2.05, 4.69) is 11.2 Å². The summed E-state index contributed by atoms with van der Waals surface area (Å²) in [7, 11) is 1.89. The van der Waals surface area contributed by atoms with Crippen molar-refractivity contribution < 1.29 is 0 Å². The molecule has 3 heteroatoms. The molecule has 0 aliphatic heterocycles. The predicted octanol–water partition coefficient (Wildman–Crippen LogP) is 2.15.